The van der Waals surface area contributed by atoms with Gasteiger partial charge in [-0.05, 0) is 77.4 Å². The molecule has 1 amide bonds. The minimum absolute atomic E-state index is 0.0865. The number of hydrogen-bond donors (Lipinski definition) is 2. The first-order valence-corrected chi connectivity index (χ1v) is 12.2. The van der Waals surface area contributed by atoms with E-state index in [1.54, 1.807) is 43.5 Å². The van der Waals surface area contributed by atoms with Crippen molar-refractivity contribution in [2.45, 2.75) is 11.4 Å². The molecule has 0 fully saturated rings. The van der Waals surface area contributed by atoms with E-state index in [4.69, 9.17) is 4.74 Å². The van der Waals surface area contributed by atoms with Gasteiger partial charge in [0.2, 0.25) is 0 Å². The van der Waals surface area contributed by atoms with Crippen molar-refractivity contribution in [3.8, 4) is 16.9 Å². The van der Waals surface area contributed by atoms with Crippen molar-refractivity contribution in [3.05, 3.63) is 114 Å². The topological polar surface area (TPSA) is 84.5 Å². The fourth-order valence-corrected chi connectivity index (χ4v) is 4.50. The second-order valence-corrected chi connectivity index (χ2v) is 9.43. The lowest BCUT2D eigenvalue weighted by Crippen LogP contribution is -2.22. The second-order valence-electron chi connectivity index (χ2n) is 7.75. The van der Waals surface area contributed by atoms with E-state index in [1.807, 2.05) is 24.3 Å². The summed E-state index contributed by atoms with van der Waals surface area (Å²) in [7, 11) is -2.25. The van der Waals surface area contributed by atoms with Gasteiger partial charge < -0.3 is 10.1 Å². The van der Waals surface area contributed by atoms with Crippen molar-refractivity contribution in [2.75, 3.05) is 11.8 Å². The number of sulfonamides is 1. The van der Waals surface area contributed by atoms with Gasteiger partial charge in [-0.1, -0.05) is 36.4 Å². The predicted molar refractivity (Wildman–Crippen MR) is 133 cm³/mol. The Kier molecular flexibility index (Phi) is 7.12. The van der Waals surface area contributed by atoms with Crippen LogP contribution in [0.4, 0.5) is 10.1 Å². The Labute approximate surface area is 203 Å². The molecule has 4 rings (SSSR count). The molecule has 2 N–H and O–H groups in total. The van der Waals surface area contributed by atoms with Crippen LogP contribution in [0.2, 0.25) is 0 Å². The van der Waals surface area contributed by atoms with Gasteiger partial charge in [0.1, 0.15) is 11.6 Å². The maximum Gasteiger partial charge on any atom is 0.261 e. The maximum atomic E-state index is 13.1. The smallest absolute Gasteiger partial charge is 0.261 e. The van der Waals surface area contributed by atoms with E-state index in [-0.39, 0.29) is 16.6 Å². The number of halogens is 1. The fraction of sp³-hybridized carbons (Fsp3) is 0.0741. The highest BCUT2D eigenvalue weighted by atomic mass is 32.2. The van der Waals surface area contributed by atoms with Gasteiger partial charge in [0.25, 0.3) is 15.9 Å². The van der Waals surface area contributed by atoms with Crippen LogP contribution in [-0.2, 0) is 16.6 Å². The number of carbonyl (C=O) groups is 1. The molecule has 0 aromatic heterocycles. The molecule has 4 aromatic rings. The molecule has 0 saturated carbocycles. The van der Waals surface area contributed by atoms with Crippen LogP contribution in [0.5, 0.6) is 5.75 Å². The highest BCUT2D eigenvalue weighted by Gasteiger charge is 2.15. The molecule has 0 heterocycles. The molecular weight excluding hydrogens is 467 g/mol. The average molecular weight is 491 g/mol. The van der Waals surface area contributed by atoms with Gasteiger partial charge >= 0.3 is 0 Å². The first-order valence-electron chi connectivity index (χ1n) is 10.7. The van der Waals surface area contributed by atoms with Crippen molar-refractivity contribution < 1.29 is 22.3 Å². The van der Waals surface area contributed by atoms with Gasteiger partial charge in [-0.25, -0.2) is 12.8 Å². The quantitative estimate of drug-likeness (QED) is 0.354. The fourth-order valence-electron chi connectivity index (χ4n) is 3.44. The van der Waals surface area contributed by atoms with Crippen LogP contribution in [0, 0.1) is 5.82 Å². The molecule has 8 heteroatoms. The molecule has 0 atom stereocenters. The molecule has 0 saturated heterocycles. The third-order valence-corrected chi connectivity index (χ3v) is 6.73. The van der Waals surface area contributed by atoms with Gasteiger partial charge in [-0.15, -0.1) is 0 Å². The molecule has 6 nitrogen and oxygen atoms in total. The minimum atomic E-state index is -3.83. The van der Waals surface area contributed by atoms with Gasteiger partial charge in [-0.3, -0.25) is 9.52 Å². The minimum Gasteiger partial charge on any atom is -0.497 e. The number of methoxy groups -OCH3 is 1. The SMILES string of the molecule is COc1cccc(CNC(=O)c2ccc(NS(=O)(=O)c3ccc(-c4ccc(F)cc4)cc3)cc2)c1. The molecule has 35 heavy (non-hydrogen) atoms. The van der Waals surface area contributed by atoms with Crippen molar-refractivity contribution in [3.63, 3.8) is 0 Å². The number of ether oxygens (including phenoxy) is 1. The zero-order valence-electron chi connectivity index (χ0n) is 18.9. The number of rotatable bonds is 8. The van der Waals surface area contributed by atoms with Gasteiger partial charge in [0.05, 0.1) is 12.0 Å². The summed E-state index contributed by atoms with van der Waals surface area (Å²) in [5, 5.41) is 2.83. The molecule has 4 aromatic carbocycles. The zero-order chi connectivity index (χ0) is 24.8. The largest absolute Gasteiger partial charge is 0.497 e. The monoisotopic (exact) mass is 490 g/mol. The highest BCUT2D eigenvalue weighted by Crippen LogP contribution is 2.23. The van der Waals surface area contributed by atoms with E-state index < -0.39 is 10.0 Å². The average Bonchev–Trinajstić information content (AvgIpc) is 2.88. The number of benzene rings is 4. The summed E-state index contributed by atoms with van der Waals surface area (Å²) in [4.78, 5) is 12.5. The molecule has 178 valence electrons. The highest BCUT2D eigenvalue weighted by molar-refractivity contribution is 7.92. The van der Waals surface area contributed by atoms with E-state index in [2.05, 4.69) is 10.0 Å². The number of anilines is 1. The molecule has 0 unspecified atom stereocenters. The molecule has 0 radical (unpaired) electrons. The van der Waals surface area contributed by atoms with Crippen molar-refractivity contribution in [2.24, 2.45) is 0 Å². The van der Waals surface area contributed by atoms with E-state index in [1.165, 1.54) is 36.4 Å². The van der Waals surface area contributed by atoms with Crippen LogP contribution in [0.3, 0.4) is 0 Å². The van der Waals surface area contributed by atoms with Crippen LogP contribution < -0.4 is 14.8 Å². The lowest BCUT2D eigenvalue weighted by atomic mass is 10.1. The number of carbonyl (C=O) groups excluding carboxylic acids is 1. The first kappa shape index (κ1) is 24.0. The van der Waals surface area contributed by atoms with Crippen LogP contribution in [0.25, 0.3) is 11.1 Å². The molecule has 0 aliphatic carbocycles. The predicted octanol–water partition coefficient (Wildman–Crippen LogP) is 5.23. The third-order valence-electron chi connectivity index (χ3n) is 5.33. The summed E-state index contributed by atoms with van der Waals surface area (Å²) in [6.45, 7) is 0.332. The lowest BCUT2D eigenvalue weighted by Gasteiger charge is -2.10. The standard InChI is InChI=1S/C27H23FN2O4S/c1-34-25-4-2-3-19(17-25)18-29-27(31)22-7-13-24(14-8-22)30-35(32,33)26-15-9-21(10-16-26)20-5-11-23(28)12-6-20/h2-17,30H,18H2,1H3,(H,29,31). The van der Waals surface area contributed by atoms with Gasteiger partial charge in [0.15, 0.2) is 0 Å². The summed E-state index contributed by atoms with van der Waals surface area (Å²) in [5.74, 6) is 0.0922. The van der Waals surface area contributed by atoms with Crippen molar-refractivity contribution in [1.29, 1.82) is 0 Å². The van der Waals surface area contributed by atoms with Crippen LogP contribution in [0.1, 0.15) is 15.9 Å². The zero-order valence-corrected chi connectivity index (χ0v) is 19.7. The molecule has 0 spiro atoms. The third kappa shape index (κ3) is 6.04. The Morgan fingerprint density at radius 2 is 1.49 bits per heavy atom. The summed E-state index contributed by atoms with van der Waals surface area (Å²) in [6.07, 6.45) is 0. The number of nitrogens with one attached hydrogen (secondary N) is 2. The second kappa shape index (κ2) is 10.4. The Balaban J connectivity index is 1.39. The van der Waals surface area contributed by atoms with E-state index >= 15 is 0 Å². The van der Waals surface area contributed by atoms with Crippen molar-refractivity contribution in [1.82, 2.24) is 5.32 Å². The Morgan fingerprint density at radius 1 is 0.857 bits per heavy atom. The Bertz CT molecular complexity index is 1420. The maximum absolute atomic E-state index is 13.1. The van der Waals surface area contributed by atoms with Crippen LogP contribution >= 0.6 is 0 Å². The van der Waals surface area contributed by atoms with Crippen LogP contribution in [0.15, 0.2) is 102 Å². The Morgan fingerprint density at radius 3 is 2.11 bits per heavy atom. The van der Waals surface area contributed by atoms with E-state index in [9.17, 15) is 17.6 Å². The number of amides is 1. The van der Waals surface area contributed by atoms with Crippen LogP contribution in [-0.4, -0.2) is 21.4 Å². The lowest BCUT2D eigenvalue weighted by molar-refractivity contribution is 0.0951. The summed E-state index contributed by atoms with van der Waals surface area (Å²) >= 11 is 0. The van der Waals surface area contributed by atoms with E-state index in [0.29, 0.717) is 23.5 Å². The number of hydrogen-bond acceptors (Lipinski definition) is 4. The van der Waals surface area contributed by atoms with E-state index in [0.717, 1.165) is 16.7 Å². The summed E-state index contributed by atoms with van der Waals surface area (Å²) in [5.41, 5.74) is 3.18. The van der Waals surface area contributed by atoms with Crippen molar-refractivity contribution >= 4 is 21.6 Å². The Hall–Kier alpha value is -4.17. The van der Waals surface area contributed by atoms with Gasteiger partial charge in [-0.2, -0.15) is 0 Å². The molecule has 0 bridgehead atoms. The van der Waals surface area contributed by atoms with Gasteiger partial charge in [0, 0.05) is 17.8 Å². The first-order chi connectivity index (χ1) is 16.8. The summed E-state index contributed by atoms with van der Waals surface area (Å²) in [6, 6.07) is 25.8. The molecule has 0 aliphatic heterocycles. The molecule has 0 aliphatic rings. The summed E-state index contributed by atoms with van der Waals surface area (Å²) < 4.78 is 46.4. The molecular formula is C27H23FN2O4S. The normalized spacial score (nSPS) is 11.0.